The average molecular weight is 236 g/mol. The average Bonchev–Trinajstić information content (AvgIpc) is 2.23. The zero-order valence-corrected chi connectivity index (χ0v) is 10.6. The molecule has 4 nitrogen and oxygen atoms in total. The molecule has 16 heavy (non-hydrogen) atoms. The summed E-state index contributed by atoms with van der Waals surface area (Å²) >= 11 is 1.51. The van der Waals surface area contributed by atoms with Crippen molar-refractivity contribution >= 4 is 11.8 Å². The van der Waals surface area contributed by atoms with Gasteiger partial charge in [0.2, 0.25) is 0 Å². The molecule has 0 saturated heterocycles. The molecule has 0 bridgehead atoms. The molecule has 0 fully saturated rings. The van der Waals surface area contributed by atoms with Gasteiger partial charge in [-0.15, -0.1) is 0 Å². The SMILES string of the molecule is CCNC(C#N)CSc1nc(C)cc(C)n1. The van der Waals surface area contributed by atoms with E-state index in [9.17, 15) is 0 Å². The molecule has 1 atom stereocenters. The molecule has 86 valence electrons. The lowest BCUT2D eigenvalue weighted by molar-refractivity contribution is 0.676. The lowest BCUT2D eigenvalue weighted by Gasteiger charge is -2.08. The molecule has 0 aliphatic rings. The number of nitriles is 1. The molecule has 0 aliphatic carbocycles. The van der Waals surface area contributed by atoms with Crippen molar-refractivity contribution in [2.45, 2.75) is 32.0 Å². The van der Waals surface area contributed by atoms with Gasteiger partial charge in [0, 0.05) is 17.1 Å². The first-order valence-corrected chi connectivity index (χ1v) is 6.22. The third kappa shape index (κ3) is 4.17. The van der Waals surface area contributed by atoms with Crippen LogP contribution in [0.3, 0.4) is 0 Å². The molecular formula is C11H16N4S. The smallest absolute Gasteiger partial charge is 0.188 e. The summed E-state index contributed by atoms with van der Waals surface area (Å²) in [5.41, 5.74) is 1.93. The largest absolute Gasteiger partial charge is 0.302 e. The maximum absolute atomic E-state index is 8.88. The number of nitrogens with one attached hydrogen (secondary N) is 1. The van der Waals surface area contributed by atoms with E-state index >= 15 is 0 Å². The normalized spacial score (nSPS) is 12.1. The standard InChI is InChI=1S/C11H16N4S/c1-4-13-10(6-12)7-16-11-14-8(2)5-9(3)15-11/h5,10,13H,4,7H2,1-3H3. The summed E-state index contributed by atoms with van der Waals surface area (Å²) in [5.74, 6) is 0.674. The van der Waals surface area contributed by atoms with Gasteiger partial charge in [-0.05, 0) is 26.5 Å². The molecule has 0 amide bonds. The fourth-order valence-electron chi connectivity index (χ4n) is 1.30. The van der Waals surface area contributed by atoms with Gasteiger partial charge in [-0.25, -0.2) is 9.97 Å². The first-order chi connectivity index (χ1) is 7.65. The second kappa shape index (κ2) is 6.46. The van der Waals surface area contributed by atoms with Crippen molar-refractivity contribution < 1.29 is 0 Å². The number of hydrogen-bond acceptors (Lipinski definition) is 5. The van der Waals surface area contributed by atoms with Gasteiger partial charge in [0.05, 0.1) is 6.07 Å². The fraction of sp³-hybridized carbons (Fsp3) is 0.545. The van der Waals surface area contributed by atoms with E-state index in [1.807, 2.05) is 26.8 Å². The van der Waals surface area contributed by atoms with Crippen LogP contribution in [0.25, 0.3) is 0 Å². The summed E-state index contributed by atoms with van der Waals surface area (Å²) < 4.78 is 0. The predicted molar refractivity (Wildman–Crippen MR) is 65.3 cm³/mol. The van der Waals surface area contributed by atoms with Gasteiger partial charge in [-0.2, -0.15) is 5.26 Å². The summed E-state index contributed by atoms with van der Waals surface area (Å²) in [5, 5.41) is 12.7. The second-order valence-corrected chi connectivity index (χ2v) is 4.47. The van der Waals surface area contributed by atoms with Crippen LogP contribution in [-0.4, -0.2) is 28.3 Å². The quantitative estimate of drug-likeness (QED) is 0.622. The number of rotatable bonds is 5. The maximum Gasteiger partial charge on any atom is 0.188 e. The third-order valence-electron chi connectivity index (χ3n) is 1.95. The van der Waals surface area contributed by atoms with Crippen molar-refractivity contribution in [1.29, 1.82) is 5.26 Å². The van der Waals surface area contributed by atoms with E-state index in [1.54, 1.807) is 0 Å². The molecule has 1 aromatic heterocycles. The molecule has 1 N–H and O–H groups in total. The molecule has 1 heterocycles. The van der Waals surface area contributed by atoms with Crippen LogP contribution >= 0.6 is 11.8 Å². The highest BCUT2D eigenvalue weighted by molar-refractivity contribution is 7.99. The molecule has 0 radical (unpaired) electrons. The van der Waals surface area contributed by atoms with Gasteiger partial charge >= 0.3 is 0 Å². The monoisotopic (exact) mass is 236 g/mol. The van der Waals surface area contributed by atoms with Crippen LogP contribution in [0.4, 0.5) is 0 Å². The highest BCUT2D eigenvalue weighted by Crippen LogP contribution is 2.14. The lowest BCUT2D eigenvalue weighted by Crippen LogP contribution is -2.29. The fourth-order valence-corrected chi connectivity index (χ4v) is 2.23. The molecule has 0 saturated carbocycles. The van der Waals surface area contributed by atoms with E-state index in [0.29, 0.717) is 5.75 Å². The summed E-state index contributed by atoms with van der Waals surface area (Å²) in [6.45, 7) is 6.68. The van der Waals surface area contributed by atoms with Crippen molar-refractivity contribution in [2.75, 3.05) is 12.3 Å². The summed E-state index contributed by atoms with van der Waals surface area (Å²) in [4.78, 5) is 8.63. The predicted octanol–water partition coefficient (Wildman–Crippen LogP) is 1.69. The molecular weight excluding hydrogens is 220 g/mol. The van der Waals surface area contributed by atoms with Crippen LogP contribution in [0.2, 0.25) is 0 Å². The van der Waals surface area contributed by atoms with Crippen LogP contribution in [0.15, 0.2) is 11.2 Å². The van der Waals surface area contributed by atoms with Crippen molar-refractivity contribution in [1.82, 2.24) is 15.3 Å². The first kappa shape index (κ1) is 12.9. The Morgan fingerprint density at radius 1 is 1.44 bits per heavy atom. The van der Waals surface area contributed by atoms with E-state index in [2.05, 4.69) is 21.4 Å². The van der Waals surface area contributed by atoms with E-state index in [4.69, 9.17) is 5.26 Å². The summed E-state index contributed by atoms with van der Waals surface area (Å²) in [6.07, 6.45) is 0. The van der Waals surface area contributed by atoms with Gasteiger partial charge in [-0.3, -0.25) is 0 Å². The van der Waals surface area contributed by atoms with Crippen molar-refractivity contribution in [3.8, 4) is 6.07 Å². The lowest BCUT2D eigenvalue weighted by atomic mass is 10.4. The summed E-state index contributed by atoms with van der Waals surface area (Å²) in [6, 6.07) is 4.02. The molecule has 1 unspecified atom stereocenters. The Morgan fingerprint density at radius 2 is 2.06 bits per heavy atom. The van der Waals surface area contributed by atoms with E-state index in [0.717, 1.165) is 23.1 Å². The van der Waals surface area contributed by atoms with Gasteiger partial charge in [0.25, 0.3) is 0 Å². The Labute approximate surface area is 100 Å². The van der Waals surface area contributed by atoms with Crippen LogP contribution in [0.1, 0.15) is 18.3 Å². The Bertz CT molecular complexity index is 366. The highest BCUT2D eigenvalue weighted by Gasteiger charge is 2.08. The van der Waals surface area contributed by atoms with Crippen LogP contribution in [-0.2, 0) is 0 Å². The van der Waals surface area contributed by atoms with Crippen LogP contribution in [0.5, 0.6) is 0 Å². The van der Waals surface area contributed by atoms with E-state index in [-0.39, 0.29) is 6.04 Å². The maximum atomic E-state index is 8.88. The number of nitrogens with zero attached hydrogens (tertiary/aromatic N) is 3. The summed E-state index contributed by atoms with van der Waals surface area (Å²) in [7, 11) is 0. The molecule has 5 heteroatoms. The van der Waals surface area contributed by atoms with Gasteiger partial charge < -0.3 is 5.32 Å². The minimum absolute atomic E-state index is 0.139. The van der Waals surface area contributed by atoms with E-state index in [1.165, 1.54) is 11.8 Å². The number of thioether (sulfide) groups is 1. The Morgan fingerprint density at radius 3 is 2.56 bits per heavy atom. The second-order valence-electron chi connectivity index (χ2n) is 3.48. The van der Waals surface area contributed by atoms with Gasteiger partial charge in [-0.1, -0.05) is 18.7 Å². The molecule has 0 aromatic carbocycles. The number of aryl methyl sites for hydroxylation is 2. The molecule has 0 aliphatic heterocycles. The van der Waals surface area contributed by atoms with E-state index < -0.39 is 0 Å². The minimum Gasteiger partial charge on any atom is -0.302 e. The van der Waals surface area contributed by atoms with Crippen LogP contribution in [0, 0.1) is 25.2 Å². The molecule has 1 rings (SSSR count). The topological polar surface area (TPSA) is 61.6 Å². The van der Waals surface area contributed by atoms with Crippen LogP contribution < -0.4 is 5.32 Å². The zero-order chi connectivity index (χ0) is 12.0. The van der Waals surface area contributed by atoms with Gasteiger partial charge in [0.1, 0.15) is 6.04 Å². The zero-order valence-electron chi connectivity index (χ0n) is 9.82. The molecule has 1 aromatic rings. The molecule has 0 spiro atoms. The highest BCUT2D eigenvalue weighted by atomic mass is 32.2. The minimum atomic E-state index is -0.139. The Kier molecular flexibility index (Phi) is 5.23. The van der Waals surface area contributed by atoms with Crippen molar-refractivity contribution in [3.63, 3.8) is 0 Å². The Balaban J connectivity index is 2.57. The Hall–Kier alpha value is -1.12. The van der Waals surface area contributed by atoms with Crippen molar-refractivity contribution in [3.05, 3.63) is 17.5 Å². The van der Waals surface area contributed by atoms with Gasteiger partial charge in [0.15, 0.2) is 5.16 Å². The third-order valence-corrected chi connectivity index (χ3v) is 2.89. The first-order valence-electron chi connectivity index (χ1n) is 5.23. The number of hydrogen-bond donors (Lipinski definition) is 1. The number of aromatic nitrogens is 2. The van der Waals surface area contributed by atoms with Crippen molar-refractivity contribution in [2.24, 2.45) is 0 Å².